The molecule has 2 aromatic heterocycles. The molecule has 0 amide bonds. The summed E-state index contributed by atoms with van der Waals surface area (Å²) in [6.07, 6.45) is 0.0957. The van der Waals surface area contributed by atoms with Crippen LogP contribution < -0.4 is 10.6 Å². The first-order valence-electron chi connectivity index (χ1n) is 8.57. The van der Waals surface area contributed by atoms with Crippen LogP contribution in [0.15, 0.2) is 58.1 Å². The van der Waals surface area contributed by atoms with Crippen molar-refractivity contribution >= 4 is 27.4 Å². The minimum atomic E-state index is -0.763. The number of nitrogens with zero attached hydrogens (tertiary/aromatic N) is 1. The molecule has 3 rings (SSSR count). The molecule has 26 heavy (non-hydrogen) atoms. The van der Waals surface area contributed by atoms with Crippen molar-refractivity contribution < 1.29 is 14.6 Å². The monoisotopic (exact) mass is 373 g/mol. The fourth-order valence-corrected chi connectivity index (χ4v) is 3.59. The van der Waals surface area contributed by atoms with Crippen molar-refractivity contribution in [2.45, 2.75) is 19.1 Å². The minimum Gasteiger partial charge on any atom is -0.467 e. The van der Waals surface area contributed by atoms with E-state index in [1.165, 1.54) is 6.26 Å². The quantitative estimate of drug-likeness (QED) is 0.378. The molecule has 1 aromatic carbocycles. The van der Waals surface area contributed by atoms with Gasteiger partial charge in [0.05, 0.1) is 19.4 Å². The second-order valence-corrected chi connectivity index (χ2v) is 6.95. The molecule has 2 unspecified atom stereocenters. The average molecular weight is 373 g/mol. The van der Waals surface area contributed by atoms with Crippen molar-refractivity contribution in [2.75, 3.05) is 19.6 Å². The summed E-state index contributed by atoms with van der Waals surface area (Å²) in [6, 6.07) is 13.5. The predicted molar refractivity (Wildman–Crippen MR) is 104 cm³/mol. The van der Waals surface area contributed by atoms with Crippen LogP contribution in [0.4, 0.5) is 0 Å². The molecule has 0 aliphatic heterocycles. The highest BCUT2D eigenvalue weighted by molar-refractivity contribution is 7.19. The molecule has 7 heteroatoms. The van der Waals surface area contributed by atoms with Gasteiger partial charge in [0.25, 0.3) is 0 Å². The summed E-state index contributed by atoms with van der Waals surface area (Å²) in [4.78, 5) is 5.31. The highest BCUT2D eigenvalue weighted by atomic mass is 32.1. The van der Waals surface area contributed by atoms with Crippen LogP contribution in [-0.2, 0) is 0 Å². The van der Waals surface area contributed by atoms with Crippen LogP contribution in [0.25, 0.3) is 10.1 Å². The minimum absolute atomic E-state index is 0.235. The molecular weight excluding hydrogens is 350 g/mol. The summed E-state index contributed by atoms with van der Waals surface area (Å²) >= 11 is 1.57. The highest BCUT2D eigenvalue weighted by Gasteiger charge is 2.13. The zero-order chi connectivity index (χ0) is 18.4. The number of thiophene rings is 1. The first-order valence-corrected chi connectivity index (χ1v) is 9.39. The van der Waals surface area contributed by atoms with E-state index >= 15 is 0 Å². The zero-order valence-electron chi connectivity index (χ0n) is 14.6. The lowest BCUT2D eigenvalue weighted by Gasteiger charge is -2.14. The third-order valence-electron chi connectivity index (χ3n) is 3.87. The zero-order valence-corrected chi connectivity index (χ0v) is 15.4. The first-order chi connectivity index (χ1) is 12.7. The Morgan fingerprint density at radius 3 is 2.73 bits per heavy atom. The summed E-state index contributed by atoms with van der Waals surface area (Å²) in [7, 11) is 0. The molecule has 6 nitrogen and oxygen atoms in total. The van der Waals surface area contributed by atoms with Crippen LogP contribution in [0, 0.1) is 0 Å². The third kappa shape index (κ3) is 4.63. The molecule has 4 N–H and O–H groups in total. The van der Waals surface area contributed by atoms with Gasteiger partial charge in [-0.3, -0.25) is 4.99 Å². The standard InChI is InChI=1S/C19H23N3O3S/c1-2-20-19(21-11-14(23)16-7-5-9-25-16)22-12-15(24)18-10-13-6-3-4-8-17(13)26-18/h3-10,14-15,23-24H,2,11-12H2,1H3,(H2,20,21,22). The van der Waals surface area contributed by atoms with Gasteiger partial charge in [-0.05, 0) is 36.6 Å². The fourth-order valence-electron chi connectivity index (χ4n) is 2.55. The molecule has 0 saturated heterocycles. The van der Waals surface area contributed by atoms with E-state index in [0.717, 1.165) is 15.0 Å². The molecular formula is C19H23N3O3S. The van der Waals surface area contributed by atoms with Gasteiger partial charge in [0.15, 0.2) is 5.96 Å². The van der Waals surface area contributed by atoms with Crippen molar-refractivity contribution in [3.63, 3.8) is 0 Å². The number of hydrogen-bond donors (Lipinski definition) is 4. The van der Waals surface area contributed by atoms with E-state index in [1.807, 2.05) is 37.3 Å². The molecule has 3 aromatic rings. The van der Waals surface area contributed by atoms with E-state index in [9.17, 15) is 10.2 Å². The normalized spacial score (nSPS) is 14.3. The molecule has 0 saturated carbocycles. The van der Waals surface area contributed by atoms with Crippen LogP contribution in [0.5, 0.6) is 0 Å². The van der Waals surface area contributed by atoms with Gasteiger partial charge in [-0.25, -0.2) is 0 Å². The van der Waals surface area contributed by atoms with E-state index in [0.29, 0.717) is 18.3 Å². The number of nitrogens with one attached hydrogen (secondary N) is 2. The van der Waals surface area contributed by atoms with Crippen molar-refractivity contribution in [3.8, 4) is 0 Å². The van der Waals surface area contributed by atoms with Crippen LogP contribution in [0.2, 0.25) is 0 Å². The Morgan fingerprint density at radius 2 is 2.00 bits per heavy atom. The number of aliphatic imine (C=N–C) groups is 1. The van der Waals surface area contributed by atoms with Gasteiger partial charge >= 0.3 is 0 Å². The van der Waals surface area contributed by atoms with Gasteiger partial charge in [-0.1, -0.05) is 18.2 Å². The van der Waals surface area contributed by atoms with Crippen molar-refractivity contribution in [2.24, 2.45) is 4.99 Å². The second kappa shape index (κ2) is 8.84. The van der Waals surface area contributed by atoms with E-state index in [2.05, 4.69) is 15.6 Å². The Bertz CT molecular complexity index is 812. The summed E-state index contributed by atoms with van der Waals surface area (Å²) in [5, 5.41) is 27.8. The molecule has 2 heterocycles. The number of aliphatic hydroxyl groups excluding tert-OH is 2. The van der Waals surface area contributed by atoms with E-state index < -0.39 is 12.2 Å². The number of furan rings is 1. The molecule has 0 fully saturated rings. The van der Waals surface area contributed by atoms with Crippen molar-refractivity contribution in [1.82, 2.24) is 10.6 Å². The number of benzene rings is 1. The number of aliphatic hydroxyl groups is 2. The van der Waals surface area contributed by atoms with Crippen molar-refractivity contribution in [3.05, 3.63) is 59.4 Å². The van der Waals surface area contributed by atoms with Gasteiger partial charge in [0.2, 0.25) is 0 Å². The lowest BCUT2D eigenvalue weighted by atomic mass is 10.2. The van der Waals surface area contributed by atoms with Crippen LogP contribution in [0.1, 0.15) is 29.8 Å². The molecule has 0 aliphatic carbocycles. The van der Waals surface area contributed by atoms with Crippen molar-refractivity contribution in [1.29, 1.82) is 0 Å². The molecule has 0 spiro atoms. The maximum atomic E-state index is 10.4. The van der Waals surface area contributed by atoms with Gasteiger partial charge in [0.1, 0.15) is 18.0 Å². The lowest BCUT2D eigenvalue weighted by Crippen LogP contribution is -2.39. The Morgan fingerprint density at radius 1 is 1.15 bits per heavy atom. The SMILES string of the molecule is CCNC(=NCC(O)c1cc2ccccc2s1)NCC(O)c1ccco1. The summed E-state index contributed by atoms with van der Waals surface area (Å²) in [5.74, 6) is 1.04. The Kier molecular flexibility index (Phi) is 6.27. The smallest absolute Gasteiger partial charge is 0.191 e. The summed E-state index contributed by atoms with van der Waals surface area (Å²) in [6.45, 7) is 3.14. The van der Waals surface area contributed by atoms with Crippen LogP contribution >= 0.6 is 11.3 Å². The third-order valence-corrected chi connectivity index (χ3v) is 5.09. The lowest BCUT2D eigenvalue weighted by molar-refractivity contribution is 0.152. The second-order valence-electron chi connectivity index (χ2n) is 5.83. The van der Waals surface area contributed by atoms with E-state index in [4.69, 9.17) is 4.42 Å². The summed E-state index contributed by atoms with van der Waals surface area (Å²) in [5.41, 5.74) is 0. The summed E-state index contributed by atoms with van der Waals surface area (Å²) < 4.78 is 6.33. The van der Waals surface area contributed by atoms with Crippen LogP contribution in [-0.4, -0.2) is 35.8 Å². The fraction of sp³-hybridized carbons (Fsp3) is 0.316. The Balaban J connectivity index is 1.60. The Labute approximate surface area is 156 Å². The van der Waals surface area contributed by atoms with Gasteiger partial charge in [0, 0.05) is 16.1 Å². The van der Waals surface area contributed by atoms with Gasteiger partial charge < -0.3 is 25.3 Å². The molecule has 0 radical (unpaired) electrons. The number of guanidine groups is 1. The largest absolute Gasteiger partial charge is 0.467 e. The predicted octanol–water partition coefficient (Wildman–Crippen LogP) is 2.82. The van der Waals surface area contributed by atoms with E-state index in [1.54, 1.807) is 23.5 Å². The number of rotatable bonds is 7. The highest BCUT2D eigenvalue weighted by Crippen LogP contribution is 2.29. The average Bonchev–Trinajstić information content (AvgIpc) is 3.33. The van der Waals surface area contributed by atoms with Gasteiger partial charge in [-0.15, -0.1) is 11.3 Å². The Hall–Kier alpha value is -2.35. The number of hydrogen-bond acceptors (Lipinski definition) is 5. The maximum Gasteiger partial charge on any atom is 0.191 e. The topological polar surface area (TPSA) is 90.0 Å². The van der Waals surface area contributed by atoms with E-state index in [-0.39, 0.29) is 13.1 Å². The molecule has 2 atom stereocenters. The van der Waals surface area contributed by atoms with Gasteiger partial charge in [-0.2, -0.15) is 0 Å². The molecule has 0 aliphatic rings. The first kappa shape index (κ1) is 18.4. The maximum absolute atomic E-state index is 10.4. The molecule has 0 bridgehead atoms. The number of fused-ring (bicyclic) bond motifs is 1. The molecule has 138 valence electrons. The van der Waals surface area contributed by atoms with Crippen LogP contribution in [0.3, 0.4) is 0 Å².